The number of aliphatic hydroxyl groups excluding tert-OH is 5. The summed E-state index contributed by atoms with van der Waals surface area (Å²) in [6.07, 6.45) is -11.7. The Balaban J connectivity index is 3.45. The van der Waals surface area contributed by atoms with Gasteiger partial charge in [0.25, 0.3) is 0 Å². The van der Waals surface area contributed by atoms with Crippen LogP contribution in [0.25, 0.3) is 0 Å². The Bertz CT molecular complexity index is 464. The molecule has 0 aliphatic carbocycles. The largest absolute Gasteiger partial charge is 0.481 e. The molecule has 7 N–H and O–H groups in total. The molecular weight excluding hydrogens is 328 g/mol. The van der Waals surface area contributed by atoms with Gasteiger partial charge in [-0.2, -0.15) is 0 Å². The number of ether oxygens (including phenoxy) is 1. The summed E-state index contributed by atoms with van der Waals surface area (Å²) >= 11 is 0. The van der Waals surface area contributed by atoms with Gasteiger partial charge in [-0.1, -0.05) is 13.8 Å². The molecule has 0 amide bonds. The molecule has 1 fully saturated rings. The number of aliphatic carboxylic acids is 2. The lowest BCUT2D eigenvalue weighted by molar-refractivity contribution is -0.270. The minimum Gasteiger partial charge on any atom is -0.481 e. The summed E-state index contributed by atoms with van der Waals surface area (Å²) < 4.78 is 5.22. The highest BCUT2D eigenvalue weighted by atomic mass is 16.5. The third-order valence-electron chi connectivity index (χ3n) is 4.27. The highest BCUT2D eigenvalue weighted by Gasteiger charge is 2.62. The van der Waals surface area contributed by atoms with Gasteiger partial charge < -0.3 is 40.5 Å². The smallest absolute Gasteiger partial charge is 0.333 e. The van der Waals surface area contributed by atoms with E-state index in [0.717, 1.165) is 0 Å². The Hall–Kier alpha value is -1.30. The van der Waals surface area contributed by atoms with E-state index < -0.39 is 72.9 Å². The van der Waals surface area contributed by atoms with Gasteiger partial charge in [-0.05, 0) is 12.3 Å². The monoisotopic (exact) mass is 352 g/mol. The van der Waals surface area contributed by atoms with Crippen molar-refractivity contribution >= 4 is 11.9 Å². The second kappa shape index (κ2) is 7.72. The maximum Gasteiger partial charge on any atom is 0.333 e. The topological polar surface area (TPSA) is 185 Å². The van der Waals surface area contributed by atoms with E-state index in [-0.39, 0.29) is 0 Å². The van der Waals surface area contributed by atoms with Crippen LogP contribution in [-0.4, -0.2) is 90.9 Å². The van der Waals surface area contributed by atoms with Gasteiger partial charge in [0.1, 0.15) is 35.9 Å². The van der Waals surface area contributed by atoms with Crippen molar-refractivity contribution < 1.29 is 50.1 Å². The summed E-state index contributed by atoms with van der Waals surface area (Å²) in [6, 6.07) is 0. The highest BCUT2D eigenvalue weighted by molar-refractivity contribution is 5.85. The molecular formula is C14H24O10. The molecule has 1 aliphatic heterocycles. The van der Waals surface area contributed by atoms with Crippen molar-refractivity contribution in [2.24, 2.45) is 11.3 Å². The van der Waals surface area contributed by atoms with Crippen LogP contribution in [0.5, 0.6) is 0 Å². The lowest BCUT2D eigenvalue weighted by Gasteiger charge is -2.48. The van der Waals surface area contributed by atoms with Crippen molar-refractivity contribution in [3.05, 3.63) is 0 Å². The molecule has 0 aromatic heterocycles. The van der Waals surface area contributed by atoms with Gasteiger partial charge in [-0.25, -0.2) is 4.79 Å². The first-order chi connectivity index (χ1) is 11.0. The summed E-state index contributed by atoms with van der Waals surface area (Å²) in [5.41, 5.74) is -2.49. The Morgan fingerprint density at radius 2 is 1.62 bits per heavy atom. The zero-order chi connectivity index (χ0) is 18.8. The minimum atomic E-state index is -2.49. The van der Waals surface area contributed by atoms with E-state index in [1.54, 1.807) is 13.8 Å². The van der Waals surface area contributed by atoms with E-state index in [4.69, 9.17) is 9.84 Å². The van der Waals surface area contributed by atoms with Crippen molar-refractivity contribution in [2.75, 3.05) is 6.61 Å². The van der Waals surface area contributed by atoms with E-state index in [1.807, 2.05) is 0 Å². The average molecular weight is 352 g/mol. The molecule has 140 valence electrons. The standard InChI is InChI=1S/C14H24O10/c1-5(2)3-14(13(22)23,10(19)12(20)21)11-9(18)8(17)7(16)6(4-15)24-11/h5-11,15-19H,3-4H2,1-2H3,(H,20,21)(H,22,23)/t6-,7-,8+,9-,10?,11-,14?/m1/s1. The number of carboxylic acids is 2. The molecule has 0 radical (unpaired) electrons. The summed E-state index contributed by atoms with van der Waals surface area (Å²) in [6.45, 7) is 2.36. The zero-order valence-electron chi connectivity index (χ0n) is 13.3. The first kappa shape index (κ1) is 20.7. The van der Waals surface area contributed by atoms with E-state index in [9.17, 15) is 40.2 Å². The van der Waals surface area contributed by atoms with Crippen LogP contribution in [-0.2, 0) is 14.3 Å². The van der Waals surface area contributed by atoms with Crippen molar-refractivity contribution in [3.63, 3.8) is 0 Å². The van der Waals surface area contributed by atoms with Crippen LogP contribution in [0.1, 0.15) is 20.3 Å². The number of aliphatic hydroxyl groups is 5. The van der Waals surface area contributed by atoms with Crippen LogP contribution < -0.4 is 0 Å². The molecule has 0 bridgehead atoms. The van der Waals surface area contributed by atoms with E-state index in [1.165, 1.54) is 0 Å². The molecule has 0 saturated carbocycles. The first-order valence-corrected chi connectivity index (χ1v) is 7.45. The second-order valence-corrected chi connectivity index (χ2v) is 6.43. The summed E-state index contributed by atoms with van der Waals surface area (Å²) in [5, 5.41) is 67.9. The van der Waals surface area contributed by atoms with Crippen molar-refractivity contribution in [3.8, 4) is 0 Å². The lowest BCUT2D eigenvalue weighted by atomic mass is 9.67. The fourth-order valence-electron chi connectivity index (χ4n) is 3.13. The molecule has 0 spiro atoms. The third kappa shape index (κ3) is 3.53. The van der Waals surface area contributed by atoms with Crippen LogP contribution >= 0.6 is 0 Å². The van der Waals surface area contributed by atoms with Crippen LogP contribution in [0, 0.1) is 11.3 Å². The predicted octanol–water partition coefficient (Wildman–Crippen LogP) is -2.61. The van der Waals surface area contributed by atoms with Gasteiger partial charge in [-0.15, -0.1) is 0 Å². The predicted molar refractivity (Wildman–Crippen MR) is 76.9 cm³/mol. The van der Waals surface area contributed by atoms with E-state index in [0.29, 0.717) is 0 Å². The normalized spacial score (nSPS) is 34.6. The minimum absolute atomic E-state index is 0.390. The molecule has 7 atom stereocenters. The van der Waals surface area contributed by atoms with Gasteiger partial charge in [0.15, 0.2) is 6.10 Å². The molecule has 1 heterocycles. The Kier molecular flexibility index (Phi) is 6.67. The second-order valence-electron chi connectivity index (χ2n) is 6.43. The van der Waals surface area contributed by atoms with Crippen LogP contribution in [0.2, 0.25) is 0 Å². The maximum atomic E-state index is 11.9. The number of carboxylic acid groups (broad SMARTS) is 2. The average Bonchev–Trinajstić information content (AvgIpc) is 2.49. The van der Waals surface area contributed by atoms with Crippen LogP contribution in [0.15, 0.2) is 0 Å². The van der Waals surface area contributed by atoms with Crippen molar-refractivity contribution in [2.45, 2.75) is 56.9 Å². The Morgan fingerprint density at radius 3 is 2.00 bits per heavy atom. The van der Waals surface area contributed by atoms with Crippen molar-refractivity contribution in [1.82, 2.24) is 0 Å². The van der Waals surface area contributed by atoms with Crippen molar-refractivity contribution in [1.29, 1.82) is 0 Å². The molecule has 1 aliphatic rings. The van der Waals surface area contributed by atoms with Crippen LogP contribution in [0.3, 0.4) is 0 Å². The van der Waals surface area contributed by atoms with Gasteiger partial charge >= 0.3 is 11.9 Å². The molecule has 1 rings (SSSR count). The van der Waals surface area contributed by atoms with Gasteiger partial charge in [0.2, 0.25) is 0 Å². The zero-order valence-corrected chi connectivity index (χ0v) is 13.3. The maximum absolute atomic E-state index is 11.9. The molecule has 10 nitrogen and oxygen atoms in total. The molecule has 10 heteroatoms. The number of hydrogen-bond donors (Lipinski definition) is 7. The number of rotatable bonds is 7. The fraction of sp³-hybridized carbons (Fsp3) is 0.857. The van der Waals surface area contributed by atoms with Gasteiger partial charge in [-0.3, -0.25) is 4.79 Å². The first-order valence-electron chi connectivity index (χ1n) is 7.45. The molecule has 2 unspecified atom stereocenters. The van der Waals surface area contributed by atoms with Gasteiger partial charge in [0.05, 0.1) is 6.61 Å². The van der Waals surface area contributed by atoms with Gasteiger partial charge in [0, 0.05) is 0 Å². The summed E-state index contributed by atoms with van der Waals surface area (Å²) in [7, 11) is 0. The summed E-state index contributed by atoms with van der Waals surface area (Å²) in [5.74, 6) is -3.99. The quantitative estimate of drug-likeness (QED) is 0.256. The number of carbonyl (C=O) groups is 2. The molecule has 24 heavy (non-hydrogen) atoms. The SMILES string of the molecule is CC(C)CC(C(=O)O)(C(O)C(=O)O)[C@@H]1O[C@H](CO)[C@@H](O)[C@H](O)[C@H]1O. The lowest BCUT2D eigenvalue weighted by Crippen LogP contribution is -2.68. The molecule has 0 aromatic rings. The van der Waals surface area contributed by atoms with E-state index >= 15 is 0 Å². The third-order valence-corrected chi connectivity index (χ3v) is 4.27. The Labute approximate surface area is 137 Å². The Morgan fingerprint density at radius 1 is 1.08 bits per heavy atom. The molecule has 1 saturated heterocycles. The van der Waals surface area contributed by atoms with E-state index in [2.05, 4.69) is 0 Å². The fourth-order valence-corrected chi connectivity index (χ4v) is 3.13. The summed E-state index contributed by atoms with van der Waals surface area (Å²) in [4.78, 5) is 23.2. The molecule has 0 aromatic carbocycles. The van der Waals surface area contributed by atoms with Crippen LogP contribution in [0.4, 0.5) is 0 Å². The highest BCUT2D eigenvalue weighted by Crippen LogP contribution is 2.42. The number of hydrogen-bond acceptors (Lipinski definition) is 8.